The van der Waals surface area contributed by atoms with Crippen LogP contribution in [0.4, 0.5) is 20.3 Å². The van der Waals surface area contributed by atoms with Crippen molar-refractivity contribution in [2.75, 3.05) is 23.3 Å². The van der Waals surface area contributed by atoms with Crippen LogP contribution in [0.15, 0.2) is 60.9 Å². The molecule has 2 heterocycles. The van der Waals surface area contributed by atoms with Crippen LogP contribution in [0.25, 0.3) is 0 Å². The van der Waals surface area contributed by atoms with E-state index in [-0.39, 0.29) is 17.5 Å². The number of nitrogens with zero attached hydrogens (tertiary/aromatic N) is 3. The number of hydrogen-bond donors (Lipinski definition) is 1. The smallest absolute Gasteiger partial charge is 0.263 e. The highest BCUT2D eigenvalue weighted by molar-refractivity contribution is 5.93. The summed E-state index contributed by atoms with van der Waals surface area (Å²) in [7, 11) is 0. The molecule has 1 aromatic heterocycles. The van der Waals surface area contributed by atoms with Gasteiger partial charge in [-0.2, -0.15) is 0 Å². The Hall–Kier alpha value is -3.55. The maximum atomic E-state index is 13.4. The molecule has 3 aromatic rings. The lowest BCUT2D eigenvalue weighted by atomic mass is 9.97. The molecule has 1 fully saturated rings. The van der Waals surface area contributed by atoms with Gasteiger partial charge in [0.1, 0.15) is 17.4 Å². The van der Waals surface area contributed by atoms with E-state index in [9.17, 15) is 13.6 Å². The zero-order valence-electron chi connectivity index (χ0n) is 16.1. The Bertz CT molecular complexity index is 1010. The van der Waals surface area contributed by atoms with Crippen molar-refractivity contribution in [1.82, 2.24) is 9.97 Å². The number of ether oxygens (including phenoxy) is 1. The lowest BCUT2D eigenvalue weighted by Crippen LogP contribution is -2.41. The van der Waals surface area contributed by atoms with Gasteiger partial charge in [0.25, 0.3) is 5.88 Å². The summed E-state index contributed by atoms with van der Waals surface area (Å²) in [5, 5.41) is 2.61. The summed E-state index contributed by atoms with van der Waals surface area (Å²) in [6, 6.07) is 12.2. The molecule has 0 bridgehead atoms. The third kappa shape index (κ3) is 4.71. The van der Waals surface area contributed by atoms with Crippen molar-refractivity contribution in [3.8, 4) is 11.6 Å². The number of piperidine rings is 1. The van der Waals surface area contributed by atoms with Crippen LogP contribution >= 0.6 is 0 Å². The molecule has 30 heavy (non-hydrogen) atoms. The molecule has 1 N–H and O–H groups in total. The van der Waals surface area contributed by atoms with Crippen LogP contribution in [0.1, 0.15) is 12.8 Å². The van der Waals surface area contributed by atoms with Gasteiger partial charge in [-0.1, -0.05) is 18.2 Å². The fourth-order valence-electron chi connectivity index (χ4n) is 3.46. The molecule has 154 valence electrons. The zero-order valence-corrected chi connectivity index (χ0v) is 16.1. The number of nitrogens with one attached hydrogen (secondary N) is 1. The number of para-hydroxylation sites is 1. The van der Waals surface area contributed by atoms with Crippen molar-refractivity contribution in [2.24, 2.45) is 5.92 Å². The lowest BCUT2D eigenvalue weighted by molar-refractivity contribution is -0.120. The van der Waals surface area contributed by atoms with E-state index in [2.05, 4.69) is 15.3 Å². The van der Waals surface area contributed by atoms with Gasteiger partial charge < -0.3 is 15.0 Å². The van der Waals surface area contributed by atoms with E-state index in [4.69, 9.17) is 4.74 Å². The van der Waals surface area contributed by atoms with Gasteiger partial charge in [-0.05, 0) is 37.1 Å². The third-order valence-electron chi connectivity index (χ3n) is 4.83. The number of rotatable bonds is 5. The highest BCUT2D eigenvalue weighted by Gasteiger charge is 2.28. The summed E-state index contributed by atoms with van der Waals surface area (Å²) in [4.78, 5) is 23.3. The van der Waals surface area contributed by atoms with Crippen molar-refractivity contribution >= 4 is 17.4 Å². The van der Waals surface area contributed by atoms with Crippen molar-refractivity contribution < 1.29 is 18.3 Å². The number of aromatic nitrogens is 2. The summed E-state index contributed by atoms with van der Waals surface area (Å²) in [6.45, 7) is 1.09. The SMILES string of the molecule is O=C(Nc1cc(F)cc(F)c1)[C@@H]1CCCN(c2nccnc2Oc2ccccc2)C1. The molecule has 1 atom stereocenters. The van der Waals surface area contributed by atoms with Gasteiger partial charge in [0.15, 0.2) is 5.82 Å². The van der Waals surface area contributed by atoms with Crippen LogP contribution in [-0.4, -0.2) is 29.0 Å². The van der Waals surface area contributed by atoms with Gasteiger partial charge >= 0.3 is 0 Å². The maximum Gasteiger partial charge on any atom is 0.263 e. The summed E-state index contributed by atoms with van der Waals surface area (Å²) in [5.41, 5.74) is 0.0993. The molecule has 0 aliphatic carbocycles. The molecule has 1 amide bonds. The summed E-state index contributed by atoms with van der Waals surface area (Å²) in [6.07, 6.45) is 4.55. The predicted octanol–water partition coefficient (Wildman–Crippen LogP) is 4.40. The van der Waals surface area contributed by atoms with Crippen molar-refractivity contribution in [3.63, 3.8) is 0 Å². The van der Waals surface area contributed by atoms with Crippen molar-refractivity contribution in [2.45, 2.75) is 12.8 Å². The lowest BCUT2D eigenvalue weighted by Gasteiger charge is -2.33. The van der Waals surface area contributed by atoms with Crippen molar-refractivity contribution in [3.05, 3.63) is 72.6 Å². The fourth-order valence-corrected chi connectivity index (χ4v) is 3.46. The number of benzene rings is 2. The first kappa shape index (κ1) is 19.8. The Labute approximate surface area is 172 Å². The normalized spacial score (nSPS) is 16.2. The van der Waals surface area contributed by atoms with Gasteiger partial charge in [-0.15, -0.1) is 0 Å². The number of carbonyl (C=O) groups is 1. The van der Waals surface area contributed by atoms with Crippen LogP contribution < -0.4 is 15.0 Å². The van der Waals surface area contributed by atoms with E-state index in [1.54, 1.807) is 12.4 Å². The minimum atomic E-state index is -0.738. The van der Waals surface area contributed by atoms with Gasteiger partial charge in [0, 0.05) is 37.2 Å². The first-order chi connectivity index (χ1) is 14.6. The molecular weight excluding hydrogens is 390 g/mol. The summed E-state index contributed by atoms with van der Waals surface area (Å²) < 4.78 is 32.7. The minimum absolute atomic E-state index is 0.0993. The number of anilines is 2. The number of hydrogen-bond acceptors (Lipinski definition) is 5. The zero-order chi connectivity index (χ0) is 20.9. The van der Waals surface area contributed by atoms with E-state index in [0.29, 0.717) is 37.0 Å². The third-order valence-corrected chi connectivity index (χ3v) is 4.83. The van der Waals surface area contributed by atoms with Gasteiger partial charge in [-0.3, -0.25) is 4.79 Å². The molecule has 0 unspecified atom stereocenters. The van der Waals surface area contributed by atoms with E-state index in [0.717, 1.165) is 24.6 Å². The topological polar surface area (TPSA) is 67.4 Å². The predicted molar refractivity (Wildman–Crippen MR) is 108 cm³/mol. The average molecular weight is 410 g/mol. The molecular formula is C22H20F2N4O2. The molecule has 0 saturated carbocycles. The molecule has 4 rings (SSSR count). The molecule has 0 spiro atoms. The Morgan fingerprint density at radius 1 is 1.07 bits per heavy atom. The van der Waals surface area contributed by atoms with Crippen molar-refractivity contribution in [1.29, 1.82) is 0 Å². The second-order valence-corrected chi connectivity index (χ2v) is 7.03. The molecule has 1 saturated heterocycles. The standard InChI is InChI=1S/C22H20F2N4O2/c23-16-11-17(24)13-18(12-16)27-21(29)15-5-4-10-28(14-15)20-22(26-9-8-25-20)30-19-6-2-1-3-7-19/h1-3,6-9,11-13,15H,4-5,10,14H2,(H,27,29)/t15-/m1/s1. The highest BCUT2D eigenvalue weighted by atomic mass is 19.1. The van der Waals surface area contributed by atoms with E-state index in [1.165, 1.54) is 0 Å². The molecule has 2 aromatic carbocycles. The van der Waals surface area contributed by atoms with Crippen LogP contribution in [0.3, 0.4) is 0 Å². The Kier molecular flexibility index (Phi) is 5.83. The monoisotopic (exact) mass is 410 g/mol. The van der Waals surface area contributed by atoms with E-state index in [1.807, 2.05) is 35.2 Å². The summed E-state index contributed by atoms with van der Waals surface area (Å²) in [5.74, 6) is -0.585. The maximum absolute atomic E-state index is 13.4. The molecule has 6 nitrogen and oxygen atoms in total. The average Bonchev–Trinajstić information content (AvgIpc) is 2.74. The minimum Gasteiger partial charge on any atom is -0.436 e. The molecule has 0 radical (unpaired) electrons. The van der Waals surface area contributed by atoms with E-state index < -0.39 is 11.6 Å². The van der Waals surface area contributed by atoms with Crippen LogP contribution in [0.2, 0.25) is 0 Å². The number of halogens is 2. The van der Waals surface area contributed by atoms with Crippen LogP contribution in [0, 0.1) is 17.6 Å². The fraction of sp³-hybridized carbons (Fsp3) is 0.227. The Balaban J connectivity index is 1.48. The first-order valence-electron chi connectivity index (χ1n) is 9.64. The molecule has 1 aliphatic heterocycles. The molecule has 1 aliphatic rings. The van der Waals surface area contributed by atoms with Crippen LogP contribution in [0.5, 0.6) is 11.6 Å². The van der Waals surface area contributed by atoms with E-state index >= 15 is 0 Å². The largest absolute Gasteiger partial charge is 0.436 e. The Morgan fingerprint density at radius 2 is 1.80 bits per heavy atom. The highest BCUT2D eigenvalue weighted by Crippen LogP contribution is 2.31. The van der Waals surface area contributed by atoms with Gasteiger partial charge in [0.05, 0.1) is 5.92 Å². The van der Waals surface area contributed by atoms with Gasteiger partial charge in [-0.25, -0.2) is 18.7 Å². The second-order valence-electron chi connectivity index (χ2n) is 7.03. The molecule has 8 heteroatoms. The second kappa shape index (κ2) is 8.86. The first-order valence-corrected chi connectivity index (χ1v) is 9.64. The van der Waals surface area contributed by atoms with Crippen LogP contribution in [-0.2, 0) is 4.79 Å². The Morgan fingerprint density at radius 3 is 2.57 bits per heavy atom. The quantitative estimate of drug-likeness (QED) is 0.675. The number of carbonyl (C=O) groups excluding carboxylic acids is 1. The summed E-state index contributed by atoms with van der Waals surface area (Å²) >= 11 is 0. The van der Waals surface area contributed by atoms with Gasteiger partial charge in [0.2, 0.25) is 5.91 Å². The number of amides is 1.